The lowest BCUT2D eigenvalue weighted by molar-refractivity contribution is 0.174. The summed E-state index contributed by atoms with van der Waals surface area (Å²) in [6.07, 6.45) is 0.883. The van der Waals surface area contributed by atoms with Crippen molar-refractivity contribution in [1.82, 2.24) is 4.98 Å². The third-order valence-corrected chi connectivity index (χ3v) is 4.15. The lowest BCUT2D eigenvalue weighted by Gasteiger charge is -1.98. The summed E-state index contributed by atoms with van der Waals surface area (Å²) in [5.41, 5.74) is 7.73. The van der Waals surface area contributed by atoms with Gasteiger partial charge < -0.3 is 15.2 Å². The maximum atomic E-state index is 5.59. The number of hydrogen-bond acceptors (Lipinski definition) is 5. The molecule has 1 aliphatic rings. The Morgan fingerprint density at radius 3 is 3.00 bits per heavy atom. The van der Waals surface area contributed by atoms with E-state index in [0.717, 1.165) is 34.2 Å². The van der Waals surface area contributed by atoms with Gasteiger partial charge in [0.05, 0.1) is 5.69 Å². The molecule has 2 N–H and O–H groups in total. The minimum absolute atomic E-state index is 0.300. The lowest BCUT2D eigenvalue weighted by atomic mass is 10.2. The van der Waals surface area contributed by atoms with E-state index in [-0.39, 0.29) is 0 Å². The smallest absolute Gasteiger partial charge is 0.231 e. The van der Waals surface area contributed by atoms with Gasteiger partial charge in [-0.05, 0) is 38.1 Å². The molecule has 0 saturated carbocycles. The molecule has 0 aliphatic carbocycles. The second-order valence-corrected chi connectivity index (χ2v) is 5.22. The average Bonchev–Trinajstić information content (AvgIpc) is 2.96. The summed E-state index contributed by atoms with van der Waals surface area (Å²) in [6.45, 7) is 2.98. The van der Waals surface area contributed by atoms with Crippen LogP contribution in [-0.2, 0) is 6.42 Å². The quantitative estimate of drug-likeness (QED) is 0.922. The topological polar surface area (TPSA) is 57.4 Å². The fraction of sp³-hybridized carbons (Fsp3) is 0.308. The summed E-state index contributed by atoms with van der Waals surface area (Å²) in [4.78, 5) is 5.85. The maximum Gasteiger partial charge on any atom is 0.231 e. The van der Waals surface area contributed by atoms with Crippen LogP contribution in [0.15, 0.2) is 18.2 Å². The number of thiazole rings is 1. The van der Waals surface area contributed by atoms with Crippen molar-refractivity contribution in [1.29, 1.82) is 0 Å². The first-order valence-electron chi connectivity index (χ1n) is 5.84. The Hall–Kier alpha value is -1.59. The van der Waals surface area contributed by atoms with E-state index in [0.29, 0.717) is 13.3 Å². The highest BCUT2D eigenvalue weighted by Crippen LogP contribution is 2.37. The number of nitrogens with zero attached hydrogens (tertiary/aromatic N) is 1. The van der Waals surface area contributed by atoms with Crippen LogP contribution in [-0.4, -0.2) is 18.3 Å². The summed E-state index contributed by atoms with van der Waals surface area (Å²) in [7, 11) is 0. The third kappa shape index (κ3) is 1.95. The first kappa shape index (κ1) is 11.5. The monoisotopic (exact) mass is 262 g/mol. The molecule has 1 aliphatic heterocycles. The van der Waals surface area contributed by atoms with E-state index >= 15 is 0 Å². The standard InChI is InChI=1S/C13H14N2O2S/c1-8-12(4-5-14)18-13(15-8)9-2-3-10-11(6-9)17-7-16-10/h2-3,6H,4-5,7,14H2,1H3. The average molecular weight is 262 g/mol. The van der Waals surface area contributed by atoms with Crippen LogP contribution in [0.25, 0.3) is 10.6 Å². The fourth-order valence-corrected chi connectivity index (χ4v) is 3.02. The highest BCUT2D eigenvalue weighted by atomic mass is 32.1. The molecule has 2 heterocycles. The van der Waals surface area contributed by atoms with Gasteiger partial charge in [-0.15, -0.1) is 11.3 Å². The van der Waals surface area contributed by atoms with Gasteiger partial charge in [-0.1, -0.05) is 0 Å². The molecule has 94 valence electrons. The number of fused-ring (bicyclic) bond motifs is 1. The maximum absolute atomic E-state index is 5.59. The van der Waals surface area contributed by atoms with Crippen LogP contribution >= 0.6 is 11.3 Å². The Morgan fingerprint density at radius 1 is 1.33 bits per heavy atom. The summed E-state index contributed by atoms with van der Waals surface area (Å²) in [5.74, 6) is 1.59. The van der Waals surface area contributed by atoms with Gasteiger partial charge in [0.25, 0.3) is 0 Å². The molecule has 0 saturated heterocycles. The van der Waals surface area contributed by atoms with Gasteiger partial charge in [-0.25, -0.2) is 4.98 Å². The van der Waals surface area contributed by atoms with Crippen molar-refractivity contribution in [3.05, 3.63) is 28.8 Å². The SMILES string of the molecule is Cc1nc(-c2ccc3c(c2)OCO3)sc1CCN. The molecule has 0 unspecified atom stereocenters. The van der Waals surface area contributed by atoms with Crippen molar-refractivity contribution < 1.29 is 9.47 Å². The predicted octanol–water partition coefficient (Wildman–Crippen LogP) is 2.35. The highest BCUT2D eigenvalue weighted by molar-refractivity contribution is 7.15. The molecule has 0 atom stereocenters. The van der Waals surface area contributed by atoms with Crippen LogP contribution in [0.2, 0.25) is 0 Å². The third-order valence-electron chi connectivity index (χ3n) is 2.88. The Balaban J connectivity index is 1.97. The van der Waals surface area contributed by atoms with E-state index in [4.69, 9.17) is 15.2 Å². The highest BCUT2D eigenvalue weighted by Gasteiger charge is 2.16. The van der Waals surface area contributed by atoms with Crippen LogP contribution < -0.4 is 15.2 Å². The minimum Gasteiger partial charge on any atom is -0.454 e. The molecule has 3 rings (SSSR count). The minimum atomic E-state index is 0.300. The number of rotatable bonds is 3. The van der Waals surface area contributed by atoms with Crippen LogP contribution in [0.4, 0.5) is 0 Å². The normalized spacial score (nSPS) is 13.0. The van der Waals surface area contributed by atoms with E-state index in [9.17, 15) is 0 Å². The molecular formula is C13H14N2O2S. The number of aryl methyl sites for hydroxylation is 1. The van der Waals surface area contributed by atoms with E-state index in [1.165, 1.54) is 4.88 Å². The first-order valence-corrected chi connectivity index (χ1v) is 6.66. The largest absolute Gasteiger partial charge is 0.454 e. The van der Waals surface area contributed by atoms with E-state index in [1.54, 1.807) is 11.3 Å². The summed E-state index contributed by atoms with van der Waals surface area (Å²) >= 11 is 1.70. The van der Waals surface area contributed by atoms with Crippen molar-refractivity contribution in [2.45, 2.75) is 13.3 Å². The molecule has 2 aromatic rings. The molecule has 18 heavy (non-hydrogen) atoms. The number of aromatic nitrogens is 1. The first-order chi connectivity index (χ1) is 8.78. The zero-order valence-electron chi connectivity index (χ0n) is 10.1. The number of nitrogens with two attached hydrogens (primary N) is 1. The predicted molar refractivity (Wildman–Crippen MR) is 71.2 cm³/mol. The molecule has 0 spiro atoms. The molecule has 1 aromatic heterocycles. The molecule has 1 aromatic carbocycles. The fourth-order valence-electron chi connectivity index (χ4n) is 1.94. The van der Waals surface area contributed by atoms with Gasteiger partial charge in [-0.3, -0.25) is 0 Å². The van der Waals surface area contributed by atoms with Gasteiger partial charge in [0.15, 0.2) is 11.5 Å². The van der Waals surface area contributed by atoms with Crippen molar-refractivity contribution in [2.75, 3.05) is 13.3 Å². The van der Waals surface area contributed by atoms with E-state index in [2.05, 4.69) is 4.98 Å². The molecular weight excluding hydrogens is 248 g/mol. The molecule has 0 radical (unpaired) electrons. The Kier molecular flexibility index (Phi) is 2.93. The lowest BCUT2D eigenvalue weighted by Crippen LogP contribution is -2.01. The number of hydrogen-bond donors (Lipinski definition) is 1. The number of ether oxygens (including phenoxy) is 2. The van der Waals surface area contributed by atoms with Gasteiger partial charge in [0, 0.05) is 10.4 Å². The molecule has 5 heteroatoms. The van der Waals surface area contributed by atoms with Gasteiger partial charge >= 0.3 is 0 Å². The molecule has 0 amide bonds. The Morgan fingerprint density at radius 2 is 2.17 bits per heavy atom. The summed E-state index contributed by atoms with van der Waals surface area (Å²) < 4.78 is 10.7. The van der Waals surface area contributed by atoms with Crippen molar-refractivity contribution >= 4 is 11.3 Å². The number of benzene rings is 1. The van der Waals surface area contributed by atoms with Crippen molar-refractivity contribution in [2.24, 2.45) is 5.73 Å². The van der Waals surface area contributed by atoms with Gasteiger partial charge in [-0.2, -0.15) is 0 Å². The van der Waals surface area contributed by atoms with Crippen LogP contribution in [0.1, 0.15) is 10.6 Å². The summed E-state index contributed by atoms with van der Waals surface area (Å²) in [5, 5.41) is 1.01. The molecule has 4 nitrogen and oxygen atoms in total. The second kappa shape index (κ2) is 4.59. The van der Waals surface area contributed by atoms with E-state index < -0.39 is 0 Å². The van der Waals surface area contributed by atoms with E-state index in [1.807, 2.05) is 25.1 Å². The van der Waals surface area contributed by atoms with Crippen molar-refractivity contribution in [3.63, 3.8) is 0 Å². The Labute approximate surface area is 109 Å². The Bertz CT molecular complexity index is 580. The molecule has 0 fully saturated rings. The van der Waals surface area contributed by atoms with Crippen LogP contribution in [0.3, 0.4) is 0 Å². The second-order valence-electron chi connectivity index (χ2n) is 4.13. The zero-order chi connectivity index (χ0) is 12.5. The van der Waals surface area contributed by atoms with Crippen molar-refractivity contribution in [3.8, 4) is 22.1 Å². The molecule has 0 bridgehead atoms. The summed E-state index contributed by atoms with van der Waals surface area (Å²) in [6, 6.07) is 5.92. The zero-order valence-corrected chi connectivity index (χ0v) is 10.9. The van der Waals surface area contributed by atoms with Gasteiger partial charge in [0.1, 0.15) is 5.01 Å². The van der Waals surface area contributed by atoms with Crippen LogP contribution in [0, 0.1) is 6.92 Å². The van der Waals surface area contributed by atoms with Crippen LogP contribution in [0.5, 0.6) is 11.5 Å². The van der Waals surface area contributed by atoms with Gasteiger partial charge in [0.2, 0.25) is 6.79 Å².